The maximum atomic E-state index is 13.8. The molecule has 0 bridgehead atoms. The lowest BCUT2D eigenvalue weighted by atomic mass is 10.1. The first-order valence-electron chi connectivity index (χ1n) is 7.95. The fourth-order valence-electron chi connectivity index (χ4n) is 2.85. The van der Waals surface area contributed by atoms with Gasteiger partial charge in [-0.15, -0.1) is 12.4 Å². The molecule has 22 heavy (non-hydrogen) atoms. The zero-order chi connectivity index (χ0) is 15.1. The fraction of sp³-hybridized carbons (Fsp3) is 0.588. The third-order valence-corrected chi connectivity index (χ3v) is 4.14. The second-order valence-corrected chi connectivity index (χ2v) is 5.83. The number of benzene rings is 1. The van der Waals surface area contributed by atoms with Gasteiger partial charge in [0, 0.05) is 19.1 Å². The minimum absolute atomic E-state index is 0. The van der Waals surface area contributed by atoms with Crippen LogP contribution in [0.4, 0.5) is 4.39 Å². The molecule has 1 aliphatic carbocycles. The van der Waals surface area contributed by atoms with Gasteiger partial charge in [0.15, 0.2) is 0 Å². The van der Waals surface area contributed by atoms with Crippen LogP contribution in [-0.4, -0.2) is 25.0 Å². The van der Waals surface area contributed by atoms with Gasteiger partial charge >= 0.3 is 0 Å². The highest BCUT2D eigenvalue weighted by Gasteiger charge is 2.13. The van der Waals surface area contributed by atoms with Gasteiger partial charge in [0.25, 0.3) is 5.91 Å². The molecule has 1 saturated carbocycles. The Hall–Kier alpha value is -1.13. The molecule has 0 atom stereocenters. The van der Waals surface area contributed by atoms with Crippen LogP contribution < -0.4 is 10.6 Å². The van der Waals surface area contributed by atoms with Crippen LogP contribution in [0.2, 0.25) is 0 Å². The van der Waals surface area contributed by atoms with Crippen molar-refractivity contribution in [1.29, 1.82) is 0 Å². The van der Waals surface area contributed by atoms with E-state index in [-0.39, 0.29) is 23.9 Å². The van der Waals surface area contributed by atoms with Crippen molar-refractivity contribution in [3.8, 4) is 0 Å². The first kappa shape index (κ1) is 18.9. The van der Waals surface area contributed by atoms with Gasteiger partial charge in [0.1, 0.15) is 5.82 Å². The van der Waals surface area contributed by atoms with Crippen molar-refractivity contribution in [2.24, 2.45) is 0 Å². The Morgan fingerprint density at radius 1 is 1.18 bits per heavy atom. The molecule has 0 unspecified atom stereocenters. The van der Waals surface area contributed by atoms with Gasteiger partial charge in [-0.2, -0.15) is 0 Å². The predicted octanol–water partition coefficient (Wildman–Crippen LogP) is 3.60. The van der Waals surface area contributed by atoms with E-state index in [1.54, 1.807) is 19.1 Å². The highest BCUT2D eigenvalue weighted by molar-refractivity contribution is 5.94. The van der Waals surface area contributed by atoms with Crippen LogP contribution in [0.3, 0.4) is 0 Å². The summed E-state index contributed by atoms with van der Waals surface area (Å²) in [7, 11) is 0. The molecule has 0 aromatic heterocycles. The first-order valence-corrected chi connectivity index (χ1v) is 7.95. The lowest BCUT2D eigenvalue weighted by molar-refractivity contribution is 0.0949. The Morgan fingerprint density at radius 2 is 1.86 bits per heavy atom. The number of hydrogen-bond donors (Lipinski definition) is 2. The SMILES string of the molecule is Cc1cccc(C(=O)NCCNC2CCCCCC2)c1F.Cl. The van der Waals surface area contributed by atoms with Gasteiger partial charge in [-0.1, -0.05) is 37.8 Å². The van der Waals surface area contributed by atoms with Crippen LogP contribution in [0.1, 0.15) is 54.4 Å². The smallest absolute Gasteiger partial charge is 0.254 e. The van der Waals surface area contributed by atoms with E-state index in [4.69, 9.17) is 0 Å². The molecule has 1 aromatic carbocycles. The minimum Gasteiger partial charge on any atom is -0.351 e. The summed E-state index contributed by atoms with van der Waals surface area (Å²) < 4.78 is 13.8. The number of nitrogens with one attached hydrogen (secondary N) is 2. The lowest BCUT2D eigenvalue weighted by Gasteiger charge is -2.16. The van der Waals surface area contributed by atoms with E-state index in [1.165, 1.54) is 44.6 Å². The molecule has 2 rings (SSSR count). The monoisotopic (exact) mass is 328 g/mol. The molecule has 0 spiro atoms. The number of rotatable bonds is 5. The second-order valence-electron chi connectivity index (χ2n) is 5.83. The van der Waals surface area contributed by atoms with Crippen molar-refractivity contribution in [2.75, 3.05) is 13.1 Å². The van der Waals surface area contributed by atoms with Crippen LogP contribution in [0, 0.1) is 12.7 Å². The summed E-state index contributed by atoms with van der Waals surface area (Å²) in [5.41, 5.74) is 0.628. The predicted molar refractivity (Wildman–Crippen MR) is 90.2 cm³/mol. The topological polar surface area (TPSA) is 41.1 Å². The Morgan fingerprint density at radius 3 is 2.55 bits per heavy atom. The molecule has 0 radical (unpaired) electrons. The van der Waals surface area contributed by atoms with Crippen LogP contribution >= 0.6 is 12.4 Å². The van der Waals surface area contributed by atoms with Gasteiger partial charge in [-0.25, -0.2) is 4.39 Å². The highest BCUT2D eigenvalue weighted by Crippen LogP contribution is 2.16. The van der Waals surface area contributed by atoms with E-state index in [1.807, 2.05) is 0 Å². The quantitative estimate of drug-likeness (QED) is 0.640. The maximum Gasteiger partial charge on any atom is 0.254 e. The molecular formula is C17H26ClFN2O. The highest BCUT2D eigenvalue weighted by atomic mass is 35.5. The molecule has 3 nitrogen and oxygen atoms in total. The van der Waals surface area contributed by atoms with E-state index in [0.717, 1.165) is 6.54 Å². The molecule has 2 N–H and O–H groups in total. The second kappa shape index (κ2) is 9.80. The number of carbonyl (C=O) groups excluding carboxylic acids is 1. The molecule has 1 amide bonds. The average Bonchev–Trinajstić information content (AvgIpc) is 2.75. The Bertz CT molecular complexity index is 474. The van der Waals surface area contributed by atoms with Gasteiger partial charge in [-0.05, 0) is 31.4 Å². The Kier molecular flexibility index (Phi) is 8.43. The van der Waals surface area contributed by atoms with Crippen molar-refractivity contribution < 1.29 is 9.18 Å². The van der Waals surface area contributed by atoms with Gasteiger partial charge in [-0.3, -0.25) is 4.79 Å². The summed E-state index contributed by atoms with van der Waals surface area (Å²) in [6, 6.07) is 5.47. The number of hydrogen-bond acceptors (Lipinski definition) is 2. The van der Waals surface area contributed by atoms with Crippen molar-refractivity contribution in [1.82, 2.24) is 10.6 Å². The number of amides is 1. The Labute approximate surface area is 138 Å². The summed E-state index contributed by atoms with van der Waals surface area (Å²) in [6.45, 7) is 2.94. The average molecular weight is 329 g/mol. The summed E-state index contributed by atoms with van der Waals surface area (Å²) in [5, 5.41) is 6.27. The molecule has 1 aromatic rings. The minimum atomic E-state index is -0.424. The van der Waals surface area contributed by atoms with Gasteiger partial charge in [0.05, 0.1) is 5.56 Å². The molecule has 0 saturated heterocycles. The third-order valence-electron chi connectivity index (χ3n) is 4.14. The molecule has 124 valence electrons. The zero-order valence-electron chi connectivity index (χ0n) is 13.2. The number of carbonyl (C=O) groups is 1. The van der Waals surface area contributed by atoms with Crippen molar-refractivity contribution >= 4 is 18.3 Å². The van der Waals surface area contributed by atoms with Gasteiger partial charge in [0.2, 0.25) is 0 Å². The largest absolute Gasteiger partial charge is 0.351 e. The molecule has 5 heteroatoms. The molecule has 0 aliphatic heterocycles. The summed E-state index contributed by atoms with van der Waals surface area (Å²) in [6.07, 6.45) is 7.70. The summed E-state index contributed by atoms with van der Waals surface area (Å²) in [5.74, 6) is -0.759. The third kappa shape index (κ3) is 5.58. The van der Waals surface area contributed by atoms with Crippen LogP contribution in [0.5, 0.6) is 0 Å². The van der Waals surface area contributed by atoms with Crippen molar-refractivity contribution in [3.63, 3.8) is 0 Å². The lowest BCUT2D eigenvalue weighted by Crippen LogP contribution is -2.37. The van der Waals surface area contributed by atoms with E-state index in [0.29, 0.717) is 18.2 Å². The number of halogens is 2. The van der Waals surface area contributed by atoms with Crippen LogP contribution in [0.25, 0.3) is 0 Å². The Balaban J connectivity index is 0.00000242. The molecule has 1 fully saturated rings. The molecule has 1 aliphatic rings. The maximum absolute atomic E-state index is 13.8. The van der Waals surface area contributed by atoms with Gasteiger partial charge < -0.3 is 10.6 Å². The van der Waals surface area contributed by atoms with Crippen LogP contribution in [-0.2, 0) is 0 Å². The normalized spacial score (nSPS) is 15.7. The van der Waals surface area contributed by atoms with E-state index < -0.39 is 5.82 Å². The first-order chi connectivity index (χ1) is 10.2. The molecular weight excluding hydrogens is 303 g/mol. The summed E-state index contributed by atoms with van der Waals surface area (Å²) in [4.78, 5) is 11.9. The van der Waals surface area contributed by atoms with E-state index in [9.17, 15) is 9.18 Å². The van der Waals surface area contributed by atoms with Crippen molar-refractivity contribution in [3.05, 3.63) is 35.1 Å². The van der Waals surface area contributed by atoms with Crippen LogP contribution in [0.15, 0.2) is 18.2 Å². The molecule has 0 heterocycles. The number of aryl methyl sites for hydroxylation is 1. The van der Waals surface area contributed by atoms with Crippen molar-refractivity contribution in [2.45, 2.75) is 51.5 Å². The van der Waals surface area contributed by atoms with E-state index in [2.05, 4.69) is 10.6 Å². The van der Waals surface area contributed by atoms with E-state index >= 15 is 0 Å². The summed E-state index contributed by atoms with van der Waals surface area (Å²) >= 11 is 0. The standard InChI is InChI=1S/C17H25FN2O.ClH/c1-13-7-6-10-15(16(13)18)17(21)20-12-11-19-14-8-4-2-3-5-9-14;/h6-7,10,14,19H,2-5,8-9,11-12H2,1H3,(H,20,21);1H. The fourth-order valence-corrected chi connectivity index (χ4v) is 2.85. The zero-order valence-corrected chi connectivity index (χ0v) is 14.0.